The Kier molecular flexibility index (Phi) is 7.48. The molecule has 156 valence electrons. The fourth-order valence-electron chi connectivity index (χ4n) is 3.53. The lowest BCUT2D eigenvalue weighted by atomic mass is 9.83. The highest BCUT2D eigenvalue weighted by molar-refractivity contribution is 6.31. The van der Waals surface area contributed by atoms with Crippen molar-refractivity contribution in [3.05, 3.63) is 69.7 Å². The average Bonchev–Trinajstić information content (AvgIpc) is 2.62. The van der Waals surface area contributed by atoms with Crippen LogP contribution in [0.15, 0.2) is 42.5 Å². The molecule has 1 N–H and O–H groups in total. The van der Waals surface area contributed by atoms with Gasteiger partial charge in [0.15, 0.2) is 0 Å². The summed E-state index contributed by atoms with van der Waals surface area (Å²) in [6, 6.07) is 12.3. The van der Waals surface area contributed by atoms with Crippen LogP contribution in [0.1, 0.15) is 72.4 Å². The van der Waals surface area contributed by atoms with Crippen LogP contribution in [0.5, 0.6) is 0 Å². The molecule has 29 heavy (non-hydrogen) atoms. The van der Waals surface area contributed by atoms with E-state index in [-0.39, 0.29) is 23.3 Å². The Morgan fingerprint density at radius 1 is 1.03 bits per heavy atom. The van der Waals surface area contributed by atoms with Crippen molar-refractivity contribution in [1.82, 2.24) is 10.4 Å². The van der Waals surface area contributed by atoms with Crippen molar-refractivity contribution in [2.24, 2.45) is 5.41 Å². The molecule has 0 aliphatic rings. The van der Waals surface area contributed by atoms with E-state index in [4.69, 9.17) is 11.6 Å². The van der Waals surface area contributed by atoms with Gasteiger partial charge in [-0.05, 0) is 56.0 Å². The molecular weight excluding hydrogens is 384 g/mol. The van der Waals surface area contributed by atoms with E-state index >= 15 is 0 Å². The van der Waals surface area contributed by atoms with E-state index < -0.39 is 0 Å². The number of amides is 2. The number of rotatable bonds is 5. The first-order valence-corrected chi connectivity index (χ1v) is 10.4. The lowest BCUT2D eigenvalue weighted by Gasteiger charge is -2.40. The molecule has 0 radical (unpaired) electrons. The Balaban J connectivity index is 2.46. The van der Waals surface area contributed by atoms with Gasteiger partial charge >= 0.3 is 0 Å². The zero-order valence-corrected chi connectivity index (χ0v) is 18.9. The van der Waals surface area contributed by atoms with Crippen LogP contribution in [0.2, 0.25) is 5.02 Å². The highest BCUT2D eigenvalue weighted by atomic mass is 35.5. The molecule has 2 aromatic carbocycles. The molecule has 5 heteroatoms. The lowest BCUT2D eigenvalue weighted by molar-refractivity contribution is 0.0271. The Labute approximate surface area is 179 Å². The topological polar surface area (TPSA) is 49.4 Å². The van der Waals surface area contributed by atoms with Gasteiger partial charge in [-0.3, -0.25) is 15.0 Å². The van der Waals surface area contributed by atoms with Crippen molar-refractivity contribution < 1.29 is 9.59 Å². The first kappa shape index (κ1) is 23.0. The largest absolute Gasteiger partial charge is 0.272 e. The minimum Gasteiger partial charge on any atom is -0.267 e. The molecule has 0 aliphatic heterocycles. The molecule has 2 aromatic rings. The van der Waals surface area contributed by atoms with Crippen molar-refractivity contribution in [2.45, 2.75) is 60.4 Å². The van der Waals surface area contributed by atoms with Crippen LogP contribution in [-0.2, 0) is 0 Å². The Bertz CT molecular complexity index is 866. The number of hydrogen-bond donors (Lipinski definition) is 1. The van der Waals surface area contributed by atoms with Gasteiger partial charge in [-0.1, -0.05) is 69.0 Å². The standard InChI is InChI=1S/C24H31ClN2O2/c1-7-9-21(24(4,5)6)27(23(29)19-13-16(2)12-17(3)14-19)26-22(28)18-10-8-11-20(25)15-18/h8,10-15,21H,7,9H2,1-6H3,(H,26,28). The molecular formula is C24H31ClN2O2. The molecule has 2 rings (SSSR count). The molecule has 0 bridgehead atoms. The molecule has 1 unspecified atom stereocenters. The number of hydrogen-bond acceptors (Lipinski definition) is 2. The average molecular weight is 415 g/mol. The smallest absolute Gasteiger partial charge is 0.267 e. The first-order valence-electron chi connectivity index (χ1n) is 10.0. The third kappa shape index (κ3) is 6.07. The van der Waals surface area contributed by atoms with Crippen molar-refractivity contribution in [3.63, 3.8) is 0 Å². The van der Waals surface area contributed by atoms with Gasteiger partial charge in [-0.15, -0.1) is 0 Å². The number of halogens is 1. The van der Waals surface area contributed by atoms with Gasteiger partial charge in [0, 0.05) is 16.1 Å². The molecule has 0 spiro atoms. The number of aryl methyl sites for hydroxylation is 2. The summed E-state index contributed by atoms with van der Waals surface area (Å²) in [4.78, 5) is 26.5. The fraction of sp³-hybridized carbons (Fsp3) is 0.417. The fourth-order valence-corrected chi connectivity index (χ4v) is 3.72. The van der Waals surface area contributed by atoms with E-state index in [1.807, 2.05) is 32.0 Å². The van der Waals surface area contributed by atoms with Gasteiger partial charge in [-0.2, -0.15) is 0 Å². The van der Waals surface area contributed by atoms with E-state index in [2.05, 4.69) is 33.1 Å². The van der Waals surface area contributed by atoms with E-state index in [0.29, 0.717) is 16.1 Å². The summed E-state index contributed by atoms with van der Waals surface area (Å²) < 4.78 is 0. The Hall–Kier alpha value is -2.33. The first-order chi connectivity index (χ1) is 13.5. The zero-order valence-electron chi connectivity index (χ0n) is 18.2. The maximum absolute atomic E-state index is 13.5. The second kappa shape index (κ2) is 9.45. The minimum atomic E-state index is -0.351. The molecule has 0 fully saturated rings. The van der Waals surface area contributed by atoms with Crippen molar-refractivity contribution in [2.75, 3.05) is 0 Å². The van der Waals surface area contributed by atoms with Gasteiger partial charge in [-0.25, -0.2) is 5.01 Å². The van der Waals surface area contributed by atoms with Crippen LogP contribution in [0.3, 0.4) is 0 Å². The van der Waals surface area contributed by atoms with Gasteiger partial charge < -0.3 is 0 Å². The maximum atomic E-state index is 13.5. The van der Waals surface area contributed by atoms with Crippen LogP contribution in [-0.4, -0.2) is 22.9 Å². The minimum absolute atomic E-state index is 0.163. The molecule has 0 saturated carbocycles. The summed E-state index contributed by atoms with van der Waals surface area (Å²) in [5.41, 5.74) is 5.67. The quantitative estimate of drug-likeness (QED) is 0.613. The Morgan fingerprint density at radius 3 is 2.17 bits per heavy atom. The van der Waals surface area contributed by atoms with Crippen LogP contribution >= 0.6 is 11.6 Å². The second-order valence-corrected chi connectivity index (χ2v) is 9.11. The Morgan fingerprint density at radius 2 is 1.66 bits per heavy atom. The van der Waals surface area contributed by atoms with E-state index in [9.17, 15) is 9.59 Å². The third-order valence-corrected chi connectivity index (χ3v) is 5.10. The van der Waals surface area contributed by atoms with Crippen molar-refractivity contribution in [1.29, 1.82) is 0 Å². The number of nitrogens with one attached hydrogen (secondary N) is 1. The molecule has 4 nitrogen and oxygen atoms in total. The summed E-state index contributed by atoms with van der Waals surface area (Å²) in [5, 5.41) is 1.99. The van der Waals surface area contributed by atoms with E-state index in [1.165, 1.54) is 5.01 Å². The lowest BCUT2D eigenvalue weighted by Crippen LogP contribution is -2.56. The normalized spacial score (nSPS) is 12.4. The molecule has 0 aliphatic carbocycles. The summed E-state index contributed by atoms with van der Waals surface area (Å²) in [6.07, 6.45) is 1.67. The highest BCUT2D eigenvalue weighted by Gasteiger charge is 2.35. The monoisotopic (exact) mass is 414 g/mol. The number of hydrazine groups is 1. The molecule has 1 atom stereocenters. The van der Waals surface area contributed by atoms with Crippen LogP contribution in [0.25, 0.3) is 0 Å². The molecule has 0 heterocycles. The predicted molar refractivity (Wildman–Crippen MR) is 119 cm³/mol. The van der Waals surface area contributed by atoms with Gasteiger partial charge in [0.05, 0.1) is 6.04 Å². The third-order valence-electron chi connectivity index (χ3n) is 4.87. The molecule has 0 aromatic heterocycles. The predicted octanol–water partition coefficient (Wildman–Crippen LogP) is 5.96. The number of benzene rings is 2. The molecule has 0 saturated heterocycles. The van der Waals surface area contributed by atoms with Crippen molar-refractivity contribution in [3.8, 4) is 0 Å². The van der Waals surface area contributed by atoms with Gasteiger partial charge in [0.1, 0.15) is 0 Å². The number of carbonyl (C=O) groups excluding carboxylic acids is 2. The second-order valence-electron chi connectivity index (χ2n) is 8.67. The van der Waals surface area contributed by atoms with Crippen molar-refractivity contribution >= 4 is 23.4 Å². The summed E-state index contributed by atoms with van der Waals surface area (Å²) in [7, 11) is 0. The SMILES string of the molecule is CCCC(N(NC(=O)c1cccc(Cl)c1)C(=O)c1cc(C)cc(C)c1)C(C)(C)C. The maximum Gasteiger partial charge on any atom is 0.272 e. The van der Waals surface area contributed by atoms with E-state index in [0.717, 1.165) is 24.0 Å². The number of carbonyl (C=O) groups is 2. The summed E-state index contributed by atoms with van der Waals surface area (Å²) >= 11 is 6.04. The number of nitrogens with zero attached hydrogens (tertiary/aromatic N) is 1. The highest BCUT2D eigenvalue weighted by Crippen LogP contribution is 2.29. The van der Waals surface area contributed by atoms with Gasteiger partial charge in [0.2, 0.25) is 0 Å². The summed E-state index contributed by atoms with van der Waals surface area (Å²) in [5.74, 6) is -0.559. The van der Waals surface area contributed by atoms with E-state index in [1.54, 1.807) is 24.3 Å². The zero-order chi connectivity index (χ0) is 21.8. The van der Waals surface area contributed by atoms with Crippen LogP contribution < -0.4 is 5.43 Å². The molecule has 2 amide bonds. The van der Waals surface area contributed by atoms with Crippen LogP contribution in [0, 0.1) is 19.3 Å². The summed E-state index contributed by atoms with van der Waals surface area (Å²) in [6.45, 7) is 12.3. The van der Waals surface area contributed by atoms with Crippen LogP contribution in [0.4, 0.5) is 0 Å². The van der Waals surface area contributed by atoms with Gasteiger partial charge in [0.25, 0.3) is 11.8 Å².